The largest absolute Gasteiger partial charge is 0.462 e. The van der Waals surface area contributed by atoms with Crippen LogP contribution in [-0.4, -0.2) is 46.9 Å². The highest BCUT2D eigenvalue weighted by Crippen LogP contribution is 2.18. The van der Waals surface area contributed by atoms with Crippen molar-refractivity contribution in [3.05, 3.63) is 24.3 Å². The first kappa shape index (κ1) is 51.3. The summed E-state index contributed by atoms with van der Waals surface area (Å²) in [5.74, 6) is -0.482. The van der Waals surface area contributed by atoms with Gasteiger partial charge in [0.25, 0.3) is 0 Å². The normalized spacial score (nSPS) is 13.5. The molecule has 6 nitrogen and oxygen atoms in total. The van der Waals surface area contributed by atoms with Crippen molar-refractivity contribution >= 4 is 11.9 Å². The highest BCUT2D eigenvalue weighted by Gasteiger charge is 2.24. The number of aliphatic hydroxyl groups is 2. The minimum atomic E-state index is -0.782. The van der Waals surface area contributed by atoms with Gasteiger partial charge in [-0.1, -0.05) is 199 Å². The van der Waals surface area contributed by atoms with Gasteiger partial charge < -0.3 is 20.3 Å². The van der Waals surface area contributed by atoms with Crippen molar-refractivity contribution in [2.24, 2.45) is 0 Å². The Labute approximate surface area is 329 Å². The van der Waals surface area contributed by atoms with Crippen LogP contribution in [0.4, 0.5) is 0 Å². The molecule has 0 radical (unpaired) electrons. The molecule has 0 bridgehead atoms. The second-order valence-corrected chi connectivity index (χ2v) is 15.8. The molecule has 0 aromatic carbocycles. The Balaban J connectivity index is 4.52. The Hall–Kier alpha value is -1.66. The van der Waals surface area contributed by atoms with Gasteiger partial charge in [0.2, 0.25) is 5.91 Å². The number of ether oxygens (including phenoxy) is 1. The third-order valence-electron chi connectivity index (χ3n) is 10.6. The van der Waals surface area contributed by atoms with E-state index in [0.717, 1.165) is 57.8 Å². The van der Waals surface area contributed by atoms with E-state index in [4.69, 9.17) is 4.74 Å². The molecule has 0 rings (SSSR count). The van der Waals surface area contributed by atoms with Crippen molar-refractivity contribution in [3.63, 3.8) is 0 Å². The average Bonchev–Trinajstić information content (AvgIpc) is 3.15. The molecule has 1 amide bonds. The van der Waals surface area contributed by atoms with Gasteiger partial charge in [-0.25, -0.2) is 0 Å². The molecular formula is C47H89NO5. The van der Waals surface area contributed by atoms with Gasteiger partial charge in [-0.3, -0.25) is 9.59 Å². The first-order valence-electron chi connectivity index (χ1n) is 23.1. The van der Waals surface area contributed by atoms with Crippen LogP contribution in [0.3, 0.4) is 0 Å². The van der Waals surface area contributed by atoms with Crippen molar-refractivity contribution in [1.29, 1.82) is 0 Å². The third-order valence-corrected chi connectivity index (χ3v) is 10.6. The lowest BCUT2D eigenvalue weighted by molar-refractivity contribution is -0.151. The van der Waals surface area contributed by atoms with Crippen LogP contribution in [0.5, 0.6) is 0 Å². The van der Waals surface area contributed by atoms with Crippen molar-refractivity contribution in [3.8, 4) is 0 Å². The molecule has 3 unspecified atom stereocenters. The first-order valence-corrected chi connectivity index (χ1v) is 23.1. The fourth-order valence-corrected chi connectivity index (χ4v) is 7.01. The topological polar surface area (TPSA) is 95.9 Å². The Bertz CT molecular complexity index is 843. The molecule has 0 aliphatic heterocycles. The minimum absolute atomic E-state index is 0.0767. The molecular weight excluding hydrogens is 659 g/mol. The van der Waals surface area contributed by atoms with E-state index in [1.165, 1.54) is 135 Å². The Morgan fingerprint density at radius 3 is 1.43 bits per heavy atom. The molecule has 0 spiro atoms. The van der Waals surface area contributed by atoms with Gasteiger partial charge in [0.15, 0.2) is 0 Å². The monoisotopic (exact) mass is 748 g/mol. The third kappa shape index (κ3) is 37.1. The van der Waals surface area contributed by atoms with Gasteiger partial charge in [-0.2, -0.15) is 0 Å². The zero-order valence-electron chi connectivity index (χ0n) is 35.4. The van der Waals surface area contributed by atoms with E-state index < -0.39 is 18.2 Å². The van der Waals surface area contributed by atoms with Crippen LogP contribution in [0.15, 0.2) is 24.3 Å². The summed E-state index contributed by atoms with van der Waals surface area (Å²) >= 11 is 0. The smallest absolute Gasteiger partial charge is 0.306 e. The van der Waals surface area contributed by atoms with Crippen LogP contribution in [-0.2, 0) is 14.3 Å². The summed E-state index contributed by atoms with van der Waals surface area (Å²) in [6, 6.07) is -0.696. The molecule has 0 aromatic rings. The first-order chi connectivity index (χ1) is 26.0. The highest BCUT2D eigenvalue weighted by atomic mass is 16.5. The fourth-order valence-electron chi connectivity index (χ4n) is 7.01. The van der Waals surface area contributed by atoms with Gasteiger partial charge in [-0.15, -0.1) is 0 Å². The van der Waals surface area contributed by atoms with E-state index in [-0.39, 0.29) is 24.9 Å². The maximum Gasteiger partial charge on any atom is 0.306 e. The molecule has 0 saturated heterocycles. The fraction of sp³-hybridized carbons (Fsp3) is 0.872. The number of carbonyl (C=O) groups excluding carboxylic acids is 2. The van der Waals surface area contributed by atoms with Crippen LogP contribution in [0, 0.1) is 0 Å². The Morgan fingerprint density at radius 2 is 0.943 bits per heavy atom. The number of rotatable bonds is 41. The summed E-state index contributed by atoms with van der Waals surface area (Å²) < 4.78 is 5.89. The number of nitrogens with one attached hydrogen (secondary N) is 1. The molecule has 3 atom stereocenters. The van der Waals surface area contributed by atoms with Crippen LogP contribution in [0.2, 0.25) is 0 Å². The average molecular weight is 748 g/mol. The lowest BCUT2D eigenvalue weighted by Crippen LogP contribution is -2.46. The second kappa shape index (κ2) is 41.5. The van der Waals surface area contributed by atoms with Gasteiger partial charge in [0.05, 0.1) is 25.2 Å². The summed E-state index contributed by atoms with van der Waals surface area (Å²) in [5.41, 5.74) is 0. The molecule has 0 heterocycles. The lowest BCUT2D eigenvalue weighted by atomic mass is 10.0. The van der Waals surface area contributed by atoms with Crippen LogP contribution in [0.1, 0.15) is 239 Å². The number of allylic oxidation sites excluding steroid dienone is 4. The molecule has 0 aliphatic rings. The predicted octanol–water partition coefficient (Wildman–Crippen LogP) is 13.2. The lowest BCUT2D eigenvalue weighted by Gasteiger charge is -2.24. The van der Waals surface area contributed by atoms with E-state index in [9.17, 15) is 19.8 Å². The van der Waals surface area contributed by atoms with Gasteiger partial charge >= 0.3 is 5.97 Å². The van der Waals surface area contributed by atoms with Crippen LogP contribution in [0.25, 0.3) is 0 Å². The van der Waals surface area contributed by atoms with Crippen LogP contribution >= 0.6 is 0 Å². The number of esters is 1. The summed E-state index contributed by atoms with van der Waals surface area (Å²) in [6.07, 6.45) is 45.2. The summed E-state index contributed by atoms with van der Waals surface area (Å²) in [5, 5.41) is 23.6. The number of aliphatic hydroxyl groups excluding tert-OH is 2. The van der Waals surface area contributed by atoms with Crippen molar-refractivity contribution < 1.29 is 24.5 Å². The molecule has 0 aliphatic carbocycles. The van der Waals surface area contributed by atoms with E-state index in [1.807, 2.05) is 0 Å². The predicted molar refractivity (Wildman–Crippen MR) is 227 cm³/mol. The van der Waals surface area contributed by atoms with Crippen molar-refractivity contribution in [1.82, 2.24) is 5.32 Å². The Morgan fingerprint density at radius 1 is 0.547 bits per heavy atom. The van der Waals surface area contributed by atoms with Crippen molar-refractivity contribution in [2.75, 3.05) is 6.61 Å². The second-order valence-electron chi connectivity index (χ2n) is 15.8. The number of unbranched alkanes of at least 4 members (excludes halogenated alkanes) is 26. The number of carbonyl (C=O) groups is 2. The maximum atomic E-state index is 13.1. The van der Waals surface area contributed by atoms with Crippen LogP contribution < -0.4 is 5.32 Å². The number of hydrogen-bond acceptors (Lipinski definition) is 5. The highest BCUT2D eigenvalue weighted by molar-refractivity contribution is 5.77. The van der Waals surface area contributed by atoms with Gasteiger partial charge in [0, 0.05) is 6.42 Å². The molecule has 53 heavy (non-hydrogen) atoms. The van der Waals surface area contributed by atoms with E-state index in [0.29, 0.717) is 19.3 Å². The molecule has 3 N–H and O–H groups in total. The zero-order valence-corrected chi connectivity index (χ0v) is 35.4. The molecule has 0 saturated carbocycles. The number of amides is 1. The van der Waals surface area contributed by atoms with E-state index in [1.54, 1.807) is 0 Å². The van der Waals surface area contributed by atoms with E-state index in [2.05, 4.69) is 50.4 Å². The van der Waals surface area contributed by atoms with Gasteiger partial charge in [0.1, 0.15) is 6.10 Å². The van der Waals surface area contributed by atoms with Crippen molar-refractivity contribution in [2.45, 2.75) is 257 Å². The zero-order chi connectivity index (χ0) is 38.9. The molecule has 312 valence electrons. The maximum absolute atomic E-state index is 13.1. The number of hydrogen-bond donors (Lipinski definition) is 3. The standard InChI is InChI=1S/C47H89NO5/c1-4-7-10-13-16-19-21-22-23-24-25-28-31-34-37-40-47(52)53-43(38-35-32-29-26-18-15-12-9-6-3)41-46(51)48-44(42-49)45(50)39-36-33-30-27-20-17-14-11-8-5-2/h16,19,21-22,43-45,49-50H,4-15,17-18,20,23-42H2,1-3H3,(H,48,51)/b19-16+,22-21+. The summed E-state index contributed by atoms with van der Waals surface area (Å²) in [6.45, 7) is 6.42. The molecule has 6 heteroatoms. The van der Waals surface area contributed by atoms with Gasteiger partial charge in [-0.05, 0) is 51.4 Å². The Kier molecular flexibility index (Phi) is 40.2. The summed E-state index contributed by atoms with van der Waals surface area (Å²) in [7, 11) is 0. The van der Waals surface area contributed by atoms with E-state index >= 15 is 0 Å². The molecule has 0 fully saturated rings. The minimum Gasteiger partial charge on any atom is -0.462 e. The summed E-state index contributed by atoms with van der Waals surface area (Å²) in [4.78, 5) is 25.9. The molecule has 0 aromatic heterocycles. The SMILES string of the molecule is CCCCC/C=C/C=C/CCCCCCCCC(=O)OC(CCCCCCCCCCC)CC(=O)NC(CO)C(O)CCCCCCCCCCCC. The quantitative estimate of drug-likeness (QED) is 0.0329.